The van der Waals surface area contributed by atoms with Gasteiger partial charge >= 0.3 is 0 Å². The molecule has 2 rings (SSSR count). The van der Waals surface area contributed by atoms with Crippen molar-refractivity contribution in [3.8, 4) is 0 Å². The number of carbonyl (C=O) groups excluding carboxylic acids is 1. The molecule has 1 heterocycles. The number of likely N-dealkylation sites (N-methyl/N-ethyl adjacent to an activating group) is 1. The zero-order valence-corrected chi connectivity index (χ0v) is 14.4. The number of hydrogen-bond acceptors (Lipinski definition) is 4. The molecule has 23 heavy (non-hydrogen) atoms. The maximum Gasteiger partial charge on any atom is 0.274 e. The Bertz CT molecular complexity index is 692. The zero-order valence-electron chi connectivity index (χ0n) is 12.9. The van der Waals surface area contributed by atoms with Crippen LogP contribution in [0.2, 0.25) is 10.0 Å². The molecule has 1 aromatic heterocycles. The summed E-state index contributed by atoms with van der Waals surface area (Å²) < 4.78 is 0. The first-order valence-corrected chi connectivity index (χ1v) is 7.82. The van der Waals surface area contributed by atoms with Crippen molar-refractivity contribution in [2.24, 2.45) is 0 Å². The predicted octanol–water partition coefficient (Wildman–Crippen LogP) is 3.61. The molecule has 0 unspecified atom stereocenters. The molecule has 7 heteroatoms. The fourth-order valence-corrected chi connectivity index (χ4v) is 2.32. The normalized spacial score (nSPS) is 10.7. The minimum atomic E-state index is -0.328. The Labute approximate surface area is 145 Å². The monoisotopic (exact) mass is 352 g/mol. The molecule has 0 atom stereocenters. The number of benzene rings is 1. The molecule has 5 nitrogen and oxygen atoms in total. The SMILES string of the molecule is CN(C)CCNc1ccnc(C(=O)Nc2ccc(Cl)cc2Cl)c1. The number of aromatic nitrogens is 1. The van der Waals surface area contributed by atoms with Crippen LogP contribution in [0.1, 0.15) is 10.5 Å². The number of rotatable bonds is 6. The number of carbonyl (C=O) groups is 1. The lowest BCUT2D eigenvalue weighted by Gasteiger charge is -2.12. The van der Waals surface area contributed by atoms with Crippen LogP contribution in [0.3, 0.4) is 0 Å². The number of nitrogens with one attached hydrogen (secondary N) is 2. The van der Waals surface area contributed by atoms with Gasteiger partial charge < -0.3 is 15.5 Å². The number of pyridine rings is 1. The van der Waals surface area contributed by atoms with Crippen molar-refractivity contribution >= 4 is 40.5 Å². The van der Waals surface area contributed by atoms with Gasteiger partial charge in [0.1, 0.15) is 5.69 Å². The fourth-order valence-electron chi connectivity index (χ4n) is 1.87. The number of hydrogen-bond donors (Lipinski definition) is 2. The highest BCUT2D eigenvalue weighted by Gasteiger charge is 2.11. The average molecular weight is 353 g/mol. The van der Waals surface area contributed by atoms with Gasteiger partial charge in [-0.3, -0.25) is 9.78 Å². The van der Waals surface area contributed by atoms with Gasteiger partial charge in [-0.2, -0.15) is 0 Å². The van der Waals surface area contributed by atoms with E-state index in [0.29, 0.717) is 21.4 Å². The number of nitrogens with zero attached hydrogens (tertiary/aromatic N) is 2. The van der Waals surface area contributed by atoms with Gasteiger partial charge in [-0.25, -0.2) is 0 Å². The van der Waals surface area contributed by atoms with E-state index in [2.05, 4.69) is 20.5 Å². The maximum absolute atomic E-state index is 12.3. The van der Waals surface area contributed by atoms with E-state index in [1.165, 1.54) is 0 Å². The van der Waals surface area contributed by atoms with Crippen LogP contribution in [0.5, 0.6) is 0 Å². The van der Waals surface area contributed by atoms with Crippen LogP contribution >= 0.6 is 23.2 Å². The summed E-state index contributed by atoms with van der Waals surface area (Å²) in [4.78, 5) is 18.5. The third-order valence-electron chi connectivity index (χ3n) is 3.06. The summed E-state index contributed by atoms with van der Waals surface area (Å²) in [7, 11) is 4.01. The summed E-state index contributed by atoms with van der Waals surface area (Å²) in [5.41, 5.74) is 1.65. The molecule has 2 N–H and O–H groups in total. The van der Waals surface area contributed by atoms with Crippen LogP contribution in [-0.4, -0.2) is 43.0 Å². The second kappa shape index (κ2) is 8.15. The Kier molecular flexibility index (Phi) is 6.21. The predicted molar refractivity (Wildman–Crippen MR) is 95.7 cm³/mol. The van der Waals surface area contributed by atoms with Crippen LogP contribution in [0.4, 0.5) is 11.4 Å². The van der Waals surface area contributed by atoms with E-state index in [0.717, 1.165) is 18.8 Å². The first-order chi connectivity index (χ1) is 11.0. The standard InChI is InChI=1S/C16H18Cl2N4O/c1-22(2)8-7-19-12-5-6-20-15(10-12)16(23)21-14-4-3-11(17)9-13(14)18/h3-6,9-10H,7-8H2,1-2H3,(H,19,20)(H,21,23). The highest BCUT2D eigenvalue weighted by molar-refractivity contribution is 6.36. The summed E-state index contributed by atoms with van der Waals surface area (Å²) in [6.07, 6.45) is 1.59. The molecular formula is C16H18Cl2N4O. The van der Waals surface area contributed by atoms with Gasteiger partial charge in [0.2, 0.25) is 0 Å². The molecular weight excluding hydrogens is 335 g/mol. The van der Waals surface area contributed by atoms with Crippen LogP contribution in [0.25, 0.3) is 0 Å². The first-order valence-electron chi connectivity index (χ1n) is 7.07. The Morgan fingerprint density at radius 1 is 1.22 bits per heavy atom. The topological polar surface area (TPSA) is 57.3 Å². The van der Waals surface area contributed by atoms with E-state index >= 15 is 0 Å². The molecule has 0 spiro atoms. The van der Waals surface area contributed by atoms with Gasteiger partial charge in [-0.15, -0.1) is 0 Å². The zero-order chi connectivity index (χ0) is 16.8. The Morgan fingerprint density at radius 2 is 2.00 bits per heavy atom. The lowest BCUT2D eigenvalue weighted by molar-refractivity contribution is 0.102. The van der Waals surface area contributed by atoms with E-state index in [4.69, 9.17) is 23.2 Å². The van der Waals surface area contributed by atoms with Crippen LogP contribution in [-0.2, 0) is 0 Å². The van der Waals surface area contributed by atoms with E-state index in [-0.39, 0.29) is 5.91 Å². The number of amides is 1. The van der Waals surface area contributed by atoms with Crippen LogP contribution < -0.4 is 10.6 Å². The molecule has 0 fully saturated rings. The van der Waals surface area contributed by atoms with Crippen molar-refractivity contribution in [1.82, 2.24) is 9.88 Å². The Morgan fingerprint density at radius 3 is 2.70 bits per heavy atom. The highest BCUT2D eigenvalue weighted by atomic mass is 35.5. The molecule has 0 radical (unpaired) electrons. The molecule has 0 aliphatic rings. The molecule has 1 amide bonds. The highest BCUT2D eigenvalue weighted by Crippen LogP contribution is 2.25. The van der Waals surface area contributed by atoms with Crippen molar-refractivity contribution < 1.29 is 4.79 Å². The summed E-state index contributed by atoms with van der Waals surface area (Å²) >= 11 is 11.9. The van der Waals surface area contributed by atoms with Crippen molar-refractivity contribution in [3.63, 3.8) is 0 Å². The lowest BCUT2D eigenvalue weighted by Crippen LogP contribution is -2.21. The quantitative estimate of drug-likeness (QED) is 0.833. The van der Waals surface area contributed by atoms with E-state index < -0.39 is 0 Å². The molecule has 122 valence electrons. The average Bonchev–Trinajstić information content (AvgIpc) is 2.50. The van der Waals surface area contributed by atoms with E-state index in [1.54, 1.807) is 30.5 Å². The Hall–Kier alpha value is -1.82. The molecule has 0 aliphatic carbocycles. The van der Waals surface area contributed by atoms with Gasteiger partial charge in [0, 0.05) is 30.0 Å². The van der Waals surface area contributed by atoms with E-state index in [1.807, 2.05) is 20.2 Å². The van der Waals surface area contributed by atoms with Gasteiger partial charge in [0.05, 0.1) is 10.7 Å². The number of anilines is 2. The Balaban J connectivity index is 2.04. The molecule has 0 aliphatic heterocycles. The van der Waals surface area contributed by atoms with Gasteiger partial charge in [0.15, 0.2) is 0 Å². The summed E-state index contributed by atoms with van der Waals surface area (Å²) in [6, 6.07) is 8.42. The fraction of sp³-hybridized carbons (Fsp3) is 0.250. The smallest absolute Gasteiger partial charge is 0.274 e. The third-order valence-corrected chi connectivity index (χ3v) is 3.61. The van der Waals surface area contributed by atoms with Gasteiger partial charge in [-0.05, 0) is 44.4 Å². The van der Waals surface area contributed by atoms with Crippen LogP contribution in [0, 0.1) is 0 Å². The minimum Gasteiger partial charge on any atom is -0.384 e. The second-order valence-corrected chi connectivity index (χ2v) is 6.08. The van der Waals surface area contributed by atoms with E-state index in [9.17, 15) is 4.79 Å². The lowest BCUT2D eigenvalue weighted by atomic mass is 10.2. The van der Waals surface area contributed by atoms with Crippen LogP contribution in [0.15, 0.2) is 36.5 Å². The molecule has 1 aromatic carbocycles. The first kappa shape index (κ1) is 17.5. The van der Waals surface area contributed by atoms with Crippen molar-refractivity contribution in [2.45, 2.75) is 0 Å². The van der Waals surface area contributed by atoms with Crippen molar-refractivity contribution in [3.05, 3.63) is 52.3 Å². The summed E-state index contributed by atoms with van der Waals surface area (Å²) in [6.45, 7) is 1.67. The minimum absolute atomic E-state index is 0.311. The molecule has 0 bridgehead atoms. The van der Waals surface area contributed by atoms with Gasteiger partial charge in [0.25, 0.3) is 5.91 Å². The van der Waals surface area contributed by atoms with Crippen molar-refractivity contribution in [1.29, 1.82) is 0 Å². The summed E-state index contributed by atoms with van der Waals surface area (Å²) in [5.74, 6) is -0.328. The van der Waals surface area contributed by atoms with Gasteiger partial charge in [-0.1, -0.05) is 23.2 Å². The largest absolute Gasteiger partial charge is 0.384 e. The van der Waals surface area contributed by atoms with Crippen molar-refractivity contribution in [2.75, 3.05) is 37.8 Å². The number of halogens is 2. The third kappa shape index (κ3) is 5.39. The second-order valence-electron chi connectivity index (χ2n) is 5.24. The maximum atomic E-state index is 12.3. The molecule has 0 saturated heterocycles. The molecule has 2 aromatic rings. The molecule has 0 saturated carbocycles. The summed E-state index contributed by atoms with van der Waals surface area (Å²) in [5, 5.41) is 6.87.